The predicted octanol–water partition coefficient (Wildman–Crippen LogP) is 1.05. The molecule has 0 atom stereocenters. The number of rotatable bonds is 6. The first-order chi connectivity index (χ1) is 11.0. The molecule has 23 heavy (non-hydrogen) atoms. The Hall–Kier alpha value is -1.73. The monoisotopic (exact) mass is 327 g/mol. The van der Waals surface area contributed by atoms with Crippen molar-refractivity contribution in [3.8, 4) is 5.75 Å². The zero-order valence-electron chi connectivity index (χ0n) is 13.6. The summed E-state index contributed by atoms with van der Waals surface area (Å²) in [7, 11) is 4.07. The van der Waals surface area contributed by atoms with Gasteiger partial charge in [-0.3, -0.25) is 9.69 Å². The van der Waals surface area contributed by atoms with E-state index in [1.807, 2.05) is 14.1 Å². The quantitative estimate of drug-likeness (QED) is 0.782. The lowest BCUT2D eigenvalue weighted by molar-refractivity contribution is -0.135. The highest BCUT2D eigenvalue weighted by Gasteiger charge is 2.21. The molecule has 0 aliphatic carbocycles. The number of likely N-dealkylation sites (N-methyl/N-ethyl adjacent to an activating group) is 1. The molecule has 0 bridgehead atoms. The first kappa shape index (κ1) is 17.6. The number of ether oxygens (including phenoxy) is 1. The molecule has 0 unspecified atom stereocenters. The van der Waals surface area contributed by atoms with Gasteiger partial charge >= 0.3 is 0 Å². The number of piperazine rings is 1. The number of halogens is 2. The Morgan fingerprint density at radius 1 is 1.22 bits per heavy atom. The first-order valence-corrected chi connectivity index (χ1v) is 7.68. The van der Waals surface area contributed by atoms with Crippen molar-refractivity contribution in [2.45, 2.75) is 0 Å². The smallest absolute Gasteiger partial charge is 0.260 e. The van der Waals surface area contributed by atoms with E-state index in [1.54, 1.807) is 4.90 Å². The van der Waals surface area contributed by atoms with Gasteiger partial charge in [0.25, 0.3) is 5.91 Å². The third kappa shape index (κ3) is 5.44. The minimum atomic E-state index is -0.800. The van der Waals surface area contributed by atoms with Crippen LogP contribution in [0.1, 0.15) is 0 Å². The fraction of sp³-hybridized carbons (Fsp3) is 0.562. The van der Waals surface area contributed by atoms with Gasteiger partial charge in [0.05, 0.1) is 0 Å². The molecule has 0 spiro atoms. The van der Waals surface area contributed by atoms with Crippen molar-refractivity contribution in [3.05, 3.63) is 29.8 Å². The molecule has 1 aromatic rings. The van der Waals surface area contributed by atoms with Gasteiger partial charge in [-0.15, -0.1) is 0 Å². The third-order valence-corrected chi connectivity index (χ3v) is 3.83. The van der Waals surface area contributed by atoms with Crippen molar-refractivity contribution >= 4 is 5.91 Å². The van der Waals surface area contributed by atoms with Crippen LogP contribution < -0.4 is 4.74 Å². The van der Waals surface area contributed by atoms with Gasteiger partial charge in [0, 0.05) is 45.3 Å². The van der Waals surface area contributed by atoms with Gasteiger partial charge in [-0.1, -0.05) is 0 Å². The summed E-state index contributed by atoms with van der Waals surface area (Å²) in [4.78, 5) is 18.3. The Morgan fingerprint density at radius 2 is 1.91 bits per heavy atom. The molecule has 1 aliphatic rings. The third-order valence-electron chi connectivity index (χ3n) is 3.83. The molecule has 5 nitrogen and oxygen atoms in total. The molecular formula is C16H23F2N3O2. The Kier molecular flexibility index (Phi) is 6.29. The van der Waals surface area contributed by atoms with Crippen molar-refractivity contribution < 1.29 is 18.3 Å². The molecule has 0 saturated carbocycles. The molecule has 1 saturated heterocycles. The number of hydrogen-bond donors (Lipinski definition) is 0. The maximum absolute atomic E-state index is 13.4. The molecule has 1 aromatic carbocycles. The summed E-state index contributed by atoms with van der Waals surface area (Å²) in [5.41, 5.74) is 0. The van der Waals surface area contributed by atoms with Crippen molar-refractivity contribution in [2.24, 2.45) is 0 Å². The molecule has 7 heteroatoms. The fourth-order valence-electron chi connectivity index (χ4n) is 2.39. The van der Waals surface area contributed by atoms with Gasteiger partial charge in [-0.05, 0) is 26.2 Å². The normalized spacial score (nSPS) is 16.0. The van der Waals surface area contributed by atoms with E-state index in [4.69, 9.17) is 4.74 Å². The molecule has 1 amide bonds. The van der Waals surface area contributed by atoms with E-state index in [0.29, 0.717) is 13.1 Å². The van der Waals surface area contributed by atoms with Gasteiger partial charge in [-0.25, -0.2) is 8.78 Å². The maximum Gasteiger partial charge on any atom is 0.260 e. The summed E-state index contributed by atoms with van der Waals surface area (Å²) in [6.07, 6.45) is 0. The number of hydrogen-bond acceptors (Lipinski definition) is 4. The molecule has 1 fully saturated rings. The predicted molar refractivity (Wildman–Crippen MR) is 83.4 cm³/mol. The Morgan fingerprint density at radius 3 is 2.52 bits per heavy atom. The van der Waals surface area contributed by atoms with E-state index >= 15 is 0 Å². The van der Waals surface area contributed by atoms with E-state index in [-0.39, 0.29) is 18.3 Å². The number of nitrogens with zero attached hydrogens (tertiary/aromatic N) is 3. The second-order valence-corrected chi connectivity index (χ2v) is 5.89. The molecule has 0 aromatic heterocycles. The summed E-state index contributed by atoms with van der Waals surface area (Å²) in [6.45, 7) is 4.66. The van der Waals surface area contributed by atoms with Crippen LogP contribution in [0.25, 0.3) is 0 Å². The zero-order valence-corrected chi connectivity index (χ0v) is 13.6. The average molecular weight is 327 g/mol. The van der Waals surface area contributed by atoms with E-state index in [9.17, 15) is 13.6 Å². The minimum Gasteiger partial charge on any atom is -0.481 e. The molecular weight excluding hydrogens is 304 g/mol. The van der Waals surface area contributed by atoms with E-state index in [0.717, 1.165) is 38.3 Å². The summed E-state index contributed by atoms with van der Waals surface area (Å²) < 4.78 is 31.4. The lowest BCUT2D eigenvalue weighted by Gasteiger charge is -2.35. The van der Waals surface area contributed by atoms with Crippen LogP contribution in [-0.4, -0.2) is 80.6 Å². The van der Waals surface area contributed by atoms with Crippen LogP contribution in [0.5, 0.6) is 5.75 Å². The van der Waals surface area contributed by atoms with E-state index < -0.39 is 11.6 Å². The topological polar surface area (TPSA) is 36.0 Å². The highest BCUT2D eigenvalue weighted by Crippen LogP contribution is 2.17. The number of carbonyl (C=O) groups excluding carboxylic acids is 1. The average Bonchev–Trinajstić information content (AvgIpc) is 2.52. The standard InChI is InChI=1S/C16H23F2N3O2/c1-19(2)5-6-20-7-9-21(10-8-20)16(22)12-23-15-4-3-13(17)11-14(15)18/h3-4,11H,5-10,12H2,1-2H3. The van der Waals surface area contributed by atoms with Crippen LogP contribution in [0.4, 0.5) is 8.78 Å². The largest absolute Gasteiger partial charge is 0.481 e. The van der Waals surface area contributed by atoms with Gasteiger partial charge in [0.2, 0.25) is 0 Å². The highest BCUT2D eigenvalue weighted by atomic mass is 19.1. The van der Waals surface area contributed by atoms with Gasteiger partial charge in [0.15, 0.2) is 18.2 Å². The van der Waals surface area contributed by atoms with Crippen LogP contribution in [0.2, 0.25) is 0 Å². The number of benzene rings is 1. The molecule has 0 N–H and O–H groups in total. The molecule has 1 aliphatic heterocycles. The van der Waals surface area contributed by atoms with Gasteiger partial charge < -0.3 is 14.5 Å². The number of carbonyl (C=O) groups is 1. The molecule has 2 rings (SSSR count). The Bertz CT molecular complexity index is 532. The van der Waals surface area contributed by atoms with Crippen molar-refractivity contribution in [2.75, 3.05) is 60.0 Å². The minimum absolute atomic E-state index is 0.107. The second-order valence-electron chi connectivity index (χ2n) is 5.89. The van der Waals surface area contributed by atoms with Crippen molar-refractivity contribution in [1.82, 2.24) is 14.7 Å². The molecule has 128 valence electrons. The maximum atomic E-state index is 13.4. The first-order valence-electron chi connectivity index (χ1n) is 7.68. The Labute approximate surface area is 135 Å². The van der Waals surface area contributed by atoms with E-state index in [2.05, 4.69) is 9.80 Å². The summed E-state index contributed by atoms with van der Waals surface area (Å²) in [5.74, 6) is -1.76. The summed E-state index contributed by atoms with van der Waals surface area (Å²) in [6, 6.07) is 3.03. The van der Waals surface area contributed by atoms with Crippen LogP contribution in [0, 0.1) is 11.6 Å². The van der Waals surface area contributed by atoms with Gasteiger partial charge in [0.1, 0.15) is 5.82 Å². The van der Waals surface area contributed by atoms with Crippen LogP contribution in [0.15, 0.2) is 18.2 Å². The van der Waals surface area contributed by atoms with Gasteiger partial charge in [-0.2, -0.15) is 0 Å². The van der Waals surface area contributed by atoms with E-state index in [1.165, 1.54) is 6.07 Å². The van der Waals surface area contributed by atoms with Crippen LogP contribution >= 0.6 is 0 Å². The lowest BCUT2D eigenvalue weighted by atomic mass is 10.3. The highest BCUT2D eigenvalue weighted by molar-refractivity contribution is 5.77. The zero-order chi connectivity index (χ0) is 16.8. The van der Waals surface area contributed by atoms with Crippen LogP contribution in [-0.2, 0) is 4.79 Å². The fourth-order valence-corrected chi connectivity index (χ4v) is 2.39. The van der Waals surface area contributed by atoms with Crippen LogP contribution in [0.3, 0.4) is 0 Å². The van der Waals surface area contributed by atoms with Crippen molar-refractivity contribution in [1.29, 1.82) is 0 Å². The summed E-state index contributed by atoms with van der Waals surface area (Å²) in [5, 5.41) is 0. The second kappa shape index (κ2) is 8.21. The lowest BCUT2D eigenvalue weighted by Crippen LogP contribution is -2.51. The van der Waals surface area contributed by atoms with Crippen molar-refractivity contribution in [3.63, 3.8) is 0 Å². The number of amides is 1. The molecule has 0 radical (unpaired) electrons. The SMILES string of the molecule is CN(C)CCN1CCN(C(=O)COc2ccc(F)cc2F)CC1. The summed E-state index contributed by atoms with van der Waals surface area (Å²) >= 11 is 0. The molecule has 1 heterocycles. The Balaban J connectivity index is 1.74.